The van der Waals surface area contributed by atoms with Gasteiger partial charge in [0.2, 0.25) is 0 Å². The van der Waals surface area contributed by atoms with Gasteiger partial charge in [-0.05, 0) is 104 Å². The first kappa shape index (κ1) is 22.0. The van der Waals surface area contributed by atoms with E-state index in [4.69, 9.17) is 16.3 Å². The zero-order valence-corrected chi connectivity index (χ0v) is 20.6. The lowest BCUT2D eigenvalue weighted by Crippen LogP contribution is -2.51. The number of ether oxygens (including phenoxy) is 1. The smallest absolute Gasteiger partial charge is 0.414 e. The Bertz CT molecular complexity index is 976. The van der Waals surface area contributed by atoms with Gasteiger partial charge in [-0.2, -0.15) is 0 Å². The number of carbonyl (C=O) groups is 1. The van der Waals surface area contributed by atoms with Crippen LogP contribution in [0.4, 0.5) is 10.5 Å². The molecule has 33 heavy (non-hydrogen) atoms. The van der Waals surface area contributed by atoms with Crippen molar-refractivity contribution in [2.24, 2.45) is 34.5 Å². The van der Waals surface area contributed by atoms with Gasteiger partial charge >= 0.3 is 6.09 Å². The van der Waals surface area contributed by atoms with E-state index in [2.05, 4.69) is 19.9 Å². The van der Waals surface area contributed by atoms with E-state index in [1.165, 1.54) is 24.8 Å². The standard InChI is InChI=1S/C28H36ClNO3/c1-27-13-11-20(31)15-17(27)3-8-21-22-9-10-24(28(22,2)14-12-23(21)27)25-16-30(26(32)33-25)19-6-4-18(29)5-7-19/h3-7,20-25,31H,8-16H2,1-2H3/t20-,21-,22-,23-,24+,25?,27-,28-/m0/s1. The van der Waals surface area contributed by atoms with Gasteiger partial charge in [-0.1, -0.05) is 37.1 Å². The molecule has 0 spiro atoms. The molecule has 3 saturated carbocycles. The molecule has 5 aliphatic rings. The number of hydrogen-bond donors (Lipinski definition) is 1. The third-order valence-corrected chi connectivity index (χ3v) is 10.8. The molecule has 4 nitrogen and oxygen atoms in total. The maximum atomic E-state index is 12.8. The van der Waals surface area contributed by atoms with E-state index in [1.54, 1.807) is 4.90 Å². The molecular formula is C28H36ClNO3. The predicted molar refractivity (Wildman–Crippen MR) is 130 cm³/mol. The van der Waals surface area contributed by atoms with Crippen LogP contribution in [0.25, 0.3) is 0 Å². The Morgan fingerprint density at radius 1 is 1.03 bits per heavy atom. The summed E-state index contributed by atoms with van der Waals surface area (Å²) < 4.78 is 6.02. The summed E-state index contributed by atoms with van der Waals surface area (Å²) in [6.45, 7) is 5.62. The summed E-state index contributed by atoms with van der Waals surface area (Å²) in [5.41, 5.74) is 2.90. The van der Waals surface area contributed by atoms with Crippen LogP contribution < -0.4 is 4.90 Å². The molecule has 6 rings (SSSR count). The minimum Gasteiger partial charge on any atom is -0.444 e. The highest BCUT2D eigenvalue weighted by Crippen LogP contribution is 2.67. The van der Waals surface area contributed by atoms with Crippen LogP contribution >= 0.6 is 11.6 Å². The van der Waals surface area contributed by atoms with Gasteiger partial charge in [0.05, 0.1) is 12.6 Å². The van der Waals surface area contributed by atoms with Gasteiger partial charge in [0.1, 0.15) is 6.10 Å². The van der Waals surface area contributed by atoms with Crippen LogP contribution in [0.2, 0.25) is 5.02 Å². The molecular weight excluding hydrogens is 434 g/mol. The van der Waals surface area contributed by atoms with Crippen molar-refractivity contribution in [1.29, 1.82) is 0 Å². The van der Waals surface area contributed by atoms with Crippen LogP contribution in [-0.4, -0.2) is 30.0 Å². The second-order valence-electron chi connectivity index (χ2n) is 11.9. The topological polar surface area (TPSA) is 49.8 Å². The zero-order chi connectivity index (χ0) is 23.0. The molecule has 0 aromatic heterocycles. The number of rotatable bonds is 2. The van der Waals surface area contributed by atoms with Gasteiger partial charge in [-0.3, -0.25) is 4.90 Å². The number of cyclic esters (lactones) is 1. The number of hydrogen-bond acceptors (Lipinski definition) is 3. The third kappa shape index (κ3) is 3.31. The van der Waals surface area contributed by atoms with Crippen LogP contribution in [-0.2, 0) is 4.74 Å². The summed E-state index contributed by atoms with van der Waals surface area (Å²) in [5, 5.41) is 10.9. The molecule has 1 amide bonds. The van der Waals surface area contributed by atoms with E-state index < -0.39 is 0 Å². The van der Waals surface area contributed by atoms with E-state index in [9.17, 15) is 9.90 Å². The first-order chi connectivity index (χ1) is 15.8. The molecule has 0 bridgehead atoms. The summed E-state index contributed by atoms with van der Waals surface area (Å²) in [7, 11) is 0. The summed E-state index contributed by atoms with van der Waals surface area (Å²) in [6.07, 6.45) is 11.1. The summed E-state index contributed by atoms with van der Waals surface area (Å²) in [6, 6.07) is 7.48. The number of anilines is 1. The predicted octanol–water partition coefficient (Wildman–Crippen LogP) is 6.61. The van der Waals surface area contributed by atoms with E-state index in [-0.39, 0.29) is 29.1 Å². The van der Waals surface area contributed by atoms with E-state index in [0.717, 1.165) is 49.6 Å². The van der Waals surface area contributed by atoms with Crippen LogP contribution in [0.1, 0.15) is 65.2 Å². The fraction of sp³-hybridized carbons (Fsp3) is 0.679. The summed E-state index contributed by atoms with van der Waals surface area (Å²) in [5.74, 6) is 2.59. The molecule has 0 radical (unpaired) electrons. The van der Waals surface area contributed by atoms with Crippen LogP contribution in [0.15, 0.2) is 35.9 Å². The lowest BCUT2D eigenvalue weighted by molar-refractivity contribution is -0.0657. The number of benzene rings is 1. The highest BCUT2D eigenvalue weighted by molar-refractivity contribution is 6.30. The maximum Gasteiger partial charge on any atom is 0.414 e. The molecule has 1 saturated heterocycles. The Morgan fingerprint density at radius 3 is 2.58 bits per heavy atom. The lowest BCUT2D eigenvalue weighted by Gasteiger charge is -2.58. The second-order valence-corrected chi connectivity index (χ2v) is 12.3. The molecule has 5 heteroatoms. The largest absolute Gasteiger partial charge is 0.444 e. The van der Waals surface area contributed by atoms with Crippen molar-refractivity contribution < 1.29 is 14.6 Å². The number of nitrogens with zero attached hydrogens (tertiary/aromatic N) is 1. The van der Waals surface area contributed by atoms with Crippen molar-refractivity contribution in [2.45, 2.75) is 77.4 Å². The molecule has 1 N–H and O–H groups in total. The molecule has 1 aliphatic heterocycles. The average Bonchev–Trinajstić information content (AvgIpc) is 3.34. The molecule has 1 aromatic rings. The summed E-state index contributed by atoms with van der Waals surface area (Å²) >= 11 is 6.05. The van der Waals surface area contributed by atoms with Gasteiger partial charge < -0.3 is 9.84 Å². The quantitative estimate of drug-likeness (QED) is 0.496. The van der Waals surface area contributed by atoms with Gasteiger partial charge in [0.25, 0.3) is 0 Å². The Hall–Kier alpha value is -1.52. The third-order valence-electron chi connectivity index (χ3n) is 10.6. The van der Waals surface area contributed by atoms with Crippen molar-refractivity contribution in [3.05, 3.63) is 40.9 Å². The fourth-order valence-electron chi connectivity index (χ4n) is 8.82. The van der Waals surface area contributed by atoms with Crippen molar-refractivity contribution in [3.63, 3.8) is 0 Å². The minimum atomic E-state index is -0.221. The number of aliphatic hydroxyl groups is 1. The number of aliphatic hydroxyl groups excluding tert-OH is 1. The Balaban J connectivity index is 1.23. The first-order valence-corrected chi connectivity index (χ1v) is 13.3. The number of halogens is 1. The maximum absolute atomic E-state index is 12.8. The van der Waals surface area contributed by atoms with Crippen LogP contribution in [0.3, 0.4) is 0 Å². The minimum absolute atomic E-state index is 0.0326. The zero-order valence-electron chi connectivity index (χ0n) is 19.8. The number of amides is 1. The monoisotopic (exact) mass is 469 g/mol. The normalized spacial score (nSPS) is 44.5. The SMILES string of the molecule is C[C@]12CC[C@H]3[C@@H](CC=C4C[C@@H](O)CC[C@@]43C)[C@@H]1CC[C@@H]2C1CN(c2ccc(Cl)cc2)C(=O)O1. The van der Waals surface area contributed by atoms with Crippen LogP contribution in [0, 0.1) is 34.5 Å². The van der Waals surface area contributed by atoms with Crippen molar-refractivity contribution >= 4 is 23.4 Å². The molecule has 8 atom stereocenters. The summed E-state index contributed by atoms with van der Waals surface area (Å²) in [4.78, 5) is 14.6. The van der Waals surface area contributed by atoms with E-state index >= 15 is 0 Å². The van der Waals surface area contributed by atoms with Gasteiger partial charge in [0, 0.05) is 16.6 Å². The Kier molecular flexibility index (Phi) is 5.16. The number of carbonyl (C=O) groups excluding carboxylic acids is 1. The van der Waals surface area contributed by atoms with Crippen molar-refractivity contribution in [1.82, 2.24) is 0 Å². The molecule has 1 heterocycles. The highest BCUT2D eigenvalue weighted by atomic mass is 35.5. The Labute approximate surface area is 202 Å². The van der Waals surface area contributed by atoms with Gasteiger partial charge in [-0.15, -0.1) is 0 Å². The molecule has 4 aliphatic carbocycles. The molecule has 178 valence electrons. The van der Waals surface area contributed by atoms with Crippen molar-refractivity contribution in [3.8, 4) is 0 Å². The Morgan fingerprint density at radius 2 is 1.79 bits per heavy atom. The highest BCUT2D eigenvalue weighted by Gasteiger charge is 2.61. The van der Waals surface area contributed by atoms with Gasteiger partial charge in [-0.25, -0.2) is 4.79 Å². The molecule has 1 unspecified atom stereocenters. The van der Waals surface area contributed by atoms with E-state index in [0.29, 0.717) is 23.4 Å². The molecule has 4 fully saturated rings. The average molecular weight is 470 g/mol. The van der Waals surface area contributed by atoms with Crippen molar-refractivity contribution in [2.75, 3.05) is 11.4 Å². The number of allylic oxidation sites excluding steroid dienone is 1. The molecule has 1 aromatic carbocycles. The lowest BCUT2D eigenvalue weighted by atomic mass is 9.47. The first-order valence-electron chi connectivity index (χ1n) is 12.9. The fourth-order valence-corrected chi connectivity index (χ4v) is 8.95. The van der Waals surface area contributed by atoms with Gasteiger partial charge in [0.15, 0.2) is 0 Å². The van der Waals surface area contributed by atoms with Crippen LogP contribution in [0.5, 0.6) is 0 Å². The van der Waals surface area contributed by atoms with E-state index in [1.807, 2.05) is 24.3 Å². The second kappa shape index (κ2) is 7.75. The number of fused-ring (bicyclic) bond motifs is 5.